The number of hydrogen-bond acceptors (Lipinski definition) is 6. The van der Waals surface area contributed by atoms with Crippen LogP contribution < -0.4 is 4.90 Å². The number of methoxy groups -OCH3 is 1. The van der Waals surface area contributed by atoms with Crippen LogP contribution in [0.2, 0.25) is 0 Å². The molecule has 1 aliphatic rings. The number of carbonyl (C=O) groups excluding carboxylic acids is 1. The van der Waals surface area contributed by atoms with Crippen molar-refractivity contribution < 1.29 is 14.3 Å². The number of nitriles is 1. The molecule has 6 heteroatoms. The Morgan fingerprint density at radius 2 is 2.56 bits per heavy atom. The molecule has 0 N–H and O–H groups in total. The van der Waals surface area contributed by atoms with Gasteiger partial charge in [0.25, 0.3) is 0 Å². The highest BCUT2D eigenvalue weighted by Gasteiger charge is 2.30. The van der Waals surface area contributed by atoms with E-state index in [1.54, 1.807) is 18.3 Å². The van der Waals surface area contributed by atoms with Gasteiger partial charge in [-0.1, -0.05) is 0 Å². The Labute approximate surface area is 105 Å². The molecule has 1 saturated heterocycles. The van der Waals surface area contributed by atoms with Crippen molar-refractivity contribution >= 4 is 11.7 Å². The minimum absolute atomic E-state index is 0.289. The molecule has 1 aromatic rings. The van der Waals surface area contributed by atoms with Gasteiger partial charge >= 0.3 is 5.97 Å². The average Bonchev–Trinajstić information content (AvgIpc) is 2.46. The van der Waals surface area contributed by atoms with E-state index < -0.39 is 6.04 Å². The molecule has 2 rings (SSSR count). The first kappa shape index (κ1) is 12.3. The van der Waals surface area contributed by atoms with Gasteiger partial charge < -0.3 is 14.4 Å². The number of rotatable bonds is 2. The van der Waals surface area contributed by atoms with Crippen molar-refractivity contribution in [1.82, 2.24) is 4.98 Å². The van der Waals surface area contributed by atoms with E-state index in [1.807, 2.05) is 11.0 Å². The summed E-state index contributed by atoms with van der Waals surface area (Å²) in [5, 5.41) is 8.83. The summed E-state index contributed by atoms with van der Waals surface area (Å²) in [5.74, 6) is -0.343. The molecule has 0 spiro atoms. The smallest absolute Gasteiger partial charge is 0.330 e. The minimum atomic E-state index is -0.474. The first-order valence-electron chi connectivity index (χ1n) is 5.54. The largest absolute Gasteiger partial charge is 0.467 e. The van der Waals surface area contributed by atoms with E-state index in [2.05, 4.69) is 4.98 Å². The summed E-state index contributed by atoms with van der Waals surface area (Å²) >= 11 is 0. The zero-order chi connectivity index (χ0) is 13.0. The lowest BCUT2D eigenvalue weighted by Gasteiger charge is -2.35. The van der Waals surface area contributed by atoms with E-state index >= 15 is 0 Å². The lowest BCUT2D eigenvalue weighted by Crippen LogP contribution is -2.50. The summed E-state index contributed by atoms with van der Waals surface area (Å²) in [5.41, 5.74) is 1.10. The highest BCUT2D eigenvalue weighted by molar-refractivity contribution is 5.80. The summed E-state index contributed by atoms with van der Waals surface area (Å²) in [6.07, 6.45) is 1.55. The van der Waals surface area contributed by atoms with Gasteiger partial charge in [-0.25, -0.2) is 9.78 Å². The molecule has 6 nitrogen and oxygen atoms in total. The molecule has 94 valence electrons. The van der Waals surface area contributed by atoms with E-state index in [-0.39, 0.29) is 12.6 Å². The fourth-order valence-corrected chi connectivity index (χ4v) is 1.90. The number of esters is 1. The van der Waals surface area contributed by atoms with E-state index in [0.29, 0.717) is 18.8 Å². The molecule has 1 atom stereocenters. The van der Waals surface area contributed by atoms with Gasteiger partial charge in [-0.2, -0.15) is 5.26 Å². The Morgan fingerprint density at radius 3 is 3.28 bits per heavy atom. The zero-order valence-corrected chi connectivity index (χ0v) is 10.00. The standard InChI is InChI=1S/C12H13N3O3/c1-17-12(16)11-8-18-5-4-15(11)10-2-3-14-9(6-10)7-13/h2-3,6,11H,4-5,8H2,1H3. The van der Waals surface area contributed by atoms with Crippen molar-refractivity contribution in [3.63, 3.8) is 0 Å². The van der Waals surface area contributed by atoms with Gasteiger partial charge in [-0.3, -0.25) is 0 Å². The van der Waals surface area contributed by atoms with Gasteiger partial charge in [0.1, 0.15) is 11.8 Å². The minimum Gasteiger partial charge on any atom is -0.467 e. The van der Waals surface area contributed by atoms with Crippen molar-refractivity contribution in [3.05, 3.63) is 24.0 Å². The number of morpholine rings is 1. The number of nitrogens with zero attached hydrogens (tertiary/aromatic N) is 3. The Morgan fingerprint density at radius 1 is 1.72 bits per heavy atom. The summed E-state index contributed by atoms with van der Waals surface area (Å²) < 4.78 is 10.0. The molecule has 1 aromatic heterocycles. The van der Waals surface area contributed by atoms with Crippen molar-refractivity contribution in [2.45, 2.75) is 6.04 Å². The van der Waals surface area contributed by atoms with Crippen molar-refractivity contribution in [3.8, 4) is 6.07 Å². The van der Waals surface area contributed by atoms with Crippen molar-refractivity contribution in [2.24, 2.45) is 0 Å². The summed E-state index contributed by atoms with van der Waals surface area (Å²) in [6, 6.07) is 4.92. The molecule has 0 bridgehead atoms. The van der Waals surface area contributed by atoms with Crippen LogP contribution in [-0.2, 0) is 14.3 Å². The van der Waals surface area contributed by atoms with E-state index in [0.717, 1.165) is 5.69 Å². The molecule has 0 amide bonds. The highest BCUT2D eigenvalue weighted by atomic mass is 16.5. The molecule has 1 aliphatic heterocycles. The van der Waals surface area contributed by atoms with Crippen LogP contribution in [0.15, 0.2) is 18.3 Å². The number of carbonyl (C=O) groups is 1. The van der Waals surface area contributed by atoms with Gasteiger partial charge in [-0.15, -0.1) is 0 Å². The SMILES string of the molecule is COC(=O)C1COCCN1c1ccnc(C#N)c1. The summed E-state index contributed by atoms with van der Waals surface area (Å²) in [6.45, 7) is 1.41. The first-order valence-corrected chi connectivity index (χ1v) is 5.54. The zero-order valence-electron chi connectivity index (χ0n) is 10.00. The van der Waals surface area contributed by atoms with Crippen LogP contribution in [0, 0.1) is 11.3 Å². The predicted octanol–water partition coefficient (Wildman–Crippen LogP) is 0.331. The normalized spacial score (nSPS) is 19.1. The second-order valence-corrected chi connectivity index (χ2v) is 3.82. The Hall–Kier alpha value is -2.13. The molecular formula is C12H13N3O3. The topological polar surface area (TPSA) is 75.5 Å². The Balaban J connectivity index is 2.28. The highest BCUT2D eigenvalue weighted by Crippen LogP contribution is 2.20. The maximum atomic E-state index is 11.7. The Bertz CT molecular complexity index is 484. The number of anilines is 1. The van der Waals surface area contributed by atoms with Gasteiger partial charge in [0.2, 0.25) is 0 Å². The third kappa shape index (κ3) is 2.41. The van der Waals surface area contributed by atoms with E-state index in [1.165, 1.54) is 7.11 Å². The van der Waals surface area contributed by atoms with Gasteiger partial charge in [0, 0.05) is 18.4 Å². The quantitative estimate of drug-likeness (QED) is 0.701. The fraction of sp³-hybridized carbons (Fsp3) is 0.417. The number of ether oxygens (including phenoxy) is 2. The molecule has 0 aromatic carbocycles. The third-order valence-corrected chi connectivity index (χ3v) is 2.79. The summed E-state index contributed by atoms with van der Waals surface area (Å²) in [4.78, 5) is 17.5. The lowest BCUT2D eigenvalue weighted by atomic mass is 10.2. The fourth-order valence-electron chi connectivity index (χ4n) is 1.90. The monoisotopic (exact) mass is 247 g/mol. The maximum absolute atomic E-state index is 11.7. The average molecular weight is 247 g/mol. The molecule has 0 saturated carbocycles. The third-order valence-electron chi connectivity index (χ3n) is 2.79. The van der Waals surface area contributed by atoms with E-state index in [9.17, 15) is 4.79 Å². The van der Waals surface area contributed by atoms with Crippen LogP contribution in [-0.4, -0.2) is 43.9 Å². The van der Waals surface area contributed by atoms with Crippen LogP contribution in [0.25, 0.3) is 0 Å². The van der Waals surface area contributed by atoms with Crippen LogP contribution >= 0.6 is 0 Å². The van der Waals surface area contributed by atoms with Crippen LogP contribution in [0.3, 0.4) is 0 Å². The predicted molar refractivity (Wildman–Crippen MR) is 62.9 cm³/mol. The molecule has 0 radical (unpaired) electrons. The van der Waals surface area contributed by atoms with Crippen molar-refractivity contribution in [2.75, 3.05) is 31.8 Å². The number of aromatic nitrogens is 1. The molecule has 2 heterocycles. The van der Waals surface area contributed by atoms with Crippen LogP contribution in [0.5, 0.6) is 0 Å². The molecule has 1 unspecified atom stereocenters. The number of pyridine rings is 1. The lowest BCUT2D eigenvalue weighted by molar-refractivity contribution is -0.144. The van der Waals surface area contributed by atoms with Gasteiger partial charge in [-0.05, 0) is 12.1 Å². The second-order valence-electron chi connectivity index (χ2n) is 3.82. The number of hydrogen-bond donors (Lipinski definition) is 0. The van der Waals surface area contributed by atoms with E-state index in [4.69, 9.17) is 14.7 Å². The summed E-state index contributed by atoms with van der Waals surface area (Å²) in [7, 11) is 1.35. The van der Waals surface area contributed by atoms with Crippen LogP contribution in [0.1, 0.15) is 5.69 Å². The van der Waals surface area contributed by atoms with Crippen LogP contribution in [0.4, 0.5) is 5.69 Å². The van der Waals surface area contributed by atoms with Gasteiger partial charge in [0.05, 0.1) is 20.3 Å². The maximum Gasteiger partial charge on any atom is 0.330 e. The first-order chi connectivity index (χ1) is 8.76. The molecule has 0 aliphatic carbocycles. The molecular weight excluding hydrogens is 234 g/mol. The molecule has 18 heavy (non-hydrogen) atoms. The second kappa shape index (κ2) is 5.47. The van der Waals surface area contributed by atoms with Crippen molar-refractivity contribution in [1.29, 1.82) is 5.26 Å². The molecule has 1 fully saturated rings. The van der Waals surface area contributed by atoms with Gasteiger partial charge in [0.15, 0.2) is 6.04 Å². The Kier molecular flexibility index (Phi) is 3.75.